The van der Waals surface area contributed by atoms with Gasteiger partial charge in [-0.3, -0.25) is 4.79 Å². The minimum atomic E-state index is -0.419. The molecule has 0 bridgehead atoms. The number of nitrogens with one attached hydrogen (secondary N) is 1. The van der Waals surface area contributed by atoms with Gasteiger partial charge in [0.25, 0.3) is 5.91 Å². The third-order valence-corrected chi connectivity index (χ3v) is 5.57. The van der Waals surface area contributed by atoms with Crippen LogP contribution in [0.15, 0.2) is 77.9 Å². The maximum atomic E-state index is 12.4. The van der Waals surface area contributed by atoms with Crippen molar-refractivity contribution in [2.45, 2.75) is 52.4 Å². The first kappa shape index (κ1) is 26.7. The Morgan fingerprint density at radius 1 is 0.750 bits per heavy atom. The Morgan fingerprint density at radius 3 is 1.78 bits per heavy atom. The van der Waals surface area contributed by atoms with Gasteiger partial charge in [0.05, 0.1) is 11.8 Å². The van der Waals surface area contributed by atoms with Gasteiger partial charge in [-0.15, -0.1) is 0 Å². The highest BCUT2D eigenvalue weighted by atomic mass is 16.5. The molecule has 188 valence electrons. The van der Waals surface area contributed by atoms with Crippen molar-refractivity contribution >= 4 is 18.1 Å². The molecular formula is C30H34N2O4. The van der Waals surface area contributed by atoms with Gasteiger partial charge in [-0.1, -0.05) is 65.8 Å². The maximum Gasteiger partial charge on any atom is 0.343 e. The summed E-state index contributed by atoms with van der Waals surface area (Å²) in [5.41, 5.74) is 6.09. The Hall–Kier alpha value is -3.93. The normalized spacial score (nSPS) is 11.8. The number of carbonyl (C=O) groups is 2. The monoisotopic (exact) mass is 486 g/mol. The summed E-state index contributed by atoms with van der Waals surface area (Å²) in [6.45, 7) is 12.6. The molecule has 0 aliphatic rings. The summed E-state index contributed by atoms with van der Waals surface area (Å²) in [5, 5.41) is 3.95. The van der Waals surface area contributed by atoms with E-state index >= 15 is 0 Å². The van der Waals surface area contributed by atoms with Crippen molar-refractivity contribution in [3.63, 3.8) is 0 Å². The average Bonchev–Trinajstić information content (AvgIpc) is 2.83. The summed E-state index contributed by atoms with van der Waals surface area (Å²) in [5.74, 6) is 0.260. The molecule has 0 unspecified atom stereocenters. The summed E-state index contributed by atoms with van der Waals surface area (Å²) in [7, 11) is 0. The van der Waals surface area contributed by atoms with E-state index in [1.165, 1.54) is 11.8 Å². The van der Waals surface area contributed by atoms with Crippen LogP contribution in [0, 0.1) is 0 Å². The van der Waals surface area contributed by atoms with Crippen LogP contribution in [0.2, 0.25) is 0 Å². The quantitative estimate of drug-likeness (QED) is 0.191. The van der Waals surface area contributed by atoms with Crippen LogP contribution in [0.1, 0.15) is 68.6 Å². The smallest absolute Gasteiger partial charge is 0.343 e. The predicted molar refractivity (Wildman–Crippen MR) is 143 cm³/mol. The SMILES string of the molecule is CC(C)(C)c1ccc(OCC(=O)N/N=C/c2ccc(OC(=O)c3ccc(C(C)(C)C)cc3)cc2)cc1. The lowest BCUT2D eigenvalue weighted by molar-refractivity contribution is -0.123. The molecule has 0 saturated carbocycles. The van der Waals surface area contributed by atoms with Gasteiger partial charge in [0.15, 0.2) is 6.61 Å². The van der Waals surface area contributed by atoms with Crippen LogP contribution in [-0.2, 0) is 15.6 Å². The predicted octanol–water partition coefficient (Wildman–Crippen LogP) is 6.03. The van der Waals surface area contributed by atoms with E-state index in [1.807, 2.05) is 36.4 Å². The van der Waals surface area contributed by atoms with Gasteiger partial charge < -0.3 is 9.47 Å². The van der Waals surface area contributed by atoms with Crippen LogP contribution in [0.5, 0.6) is 11.5 Å². The number of amides is 1. The number of ether oxygens (including phenoxy) is 2. The molecule has 0 aliphatic carbocycles. The Balaban J connectivity index is 1.45. The summed E-state index contributed by atoms with van der Waals surface area (Å²) in [6.07, 6.45) is 1.51. The summed E-state index contributed by atoms with van der Waals surface area (Å²) in [4.78, 5) is 24.4. The van der Waals surface area contributed by atoms with Gasteiger partial charge in [-0.25, -0.2) is 10.2 Å². The lowest BCUT2D eigenvalue weighted by atomic mass is 9.87. The number of hydrazone groups is 1. The van der Waals surface area contributed by atoms with E-state index in [-0.39, 0.29) is 23.3 Å². The molecule has 6 nitrogen and oxygen atoms in total. The highest BCUT2D eigenvalue weighted by Crippen LogP contribution is 2.24. The second-order valence-corrected chi connectivity index (χ2v) is 10.6. The lowest BCUT2D eigenvalue weighted by Gasteiger charge is -2.19. The van der Waals surface area contributed by atoms with Crippen LogP contribution < -0.4 is 14.9 Å². The van der Waals surface area contributed by atoms with Crippen LogP contribution in [0.4, 0.5) is 0 Å². The molecule has 1 N–H and O–H groups in total. The number of carbonyl (C=O) groups excluding carboxylic acids is 2. The van der Waals surface area contributed by atoms with Crippen LogP contribution in [0.3, 0.4) is 0 Å². The van der Waals surface area contributed by atoms with E-state index in [9.17, 15) is 9.59 Å². The van der Waals surface area contributed by atoms with E-state index in [4.69, 9.17) is 9.47 Å². The molecule has 0 fully saturated rings. The maximum absolute atomic E-state index is 12.4. The van der Waals surface area contributed by atoms with Crippen LogP contribution in [-0.4, -0.2) is 24.7 Å². The minimum absolute atomic E-state index is 0.0185. The highest BCUT2D eigenvalue weighted by molar-refractivity contribution is 5.91. The molecule has 0 aliphatic heterocycles. The third kappa shape index (κ3) is 7.80. The largest absolute Gasteiger partial charge is 0.484 e. The second kappa shape index (κ2) is 11.2. The fourth-order valence-electron chi connectivity index (χ4n) is 3.31. The Labute approximate surface area is 213 Å². The Bertz CT molecular complexity index is 1200. The zero-order chi connectivity index (χ0) is 26.3. The number of esters is 1. The van der Waals surface area contributed by atoms with Gasteiger partial charge in [-0.2, -0.15) is 5.10 Å². The molecule has 0 radical (unpaired) electrons. The van der Waals surface area contributed by atoms with E-state index < -0.39 is 5.97 Å². The van der Waals surface area contributed by atoms with Gasteiger partial charge in [-0.05, 0) is 76.1 Å². The molecule has 0 atom stereocenters. The molecule has 6 heteroatoms. The molecule has 0 saturated heterocycles. The number of hydrogen-bond acceptors (Lipinski definition) is 5. The van der Waals surface area contributed by atoms with E-state index in [0.717, 1.165) is 11.1 Å². The zero-order valence-corrected chi connectivity index (χ0v) is 21.8. The van der Waals surface area contributed by atoms with Crippen molar-refractivity contribution in [2.24, 2.45) is 5.10 Å². The Morgan fingerprint density at radius 2 is 1.25 bits per heavy atom. The van der Waals surface area contributed by atoms with Crippen molar-refractivity contribution in [2.75, 3.05) is 6.61 Å². The van der Waals surface area contributed by atoms with Gasteiger partial charge in [0.2, 0.25) is 0 Å². The number of rotatable bonds is 7. The summed E-state index contributed by atoms with van der Waals surface area (Å²) >= 11 is 0. The number of benzene rings is 3. The highest BCUT2D eigenvalue weighted by Gasteiger charge is 2.15. The molecule has 0 aromatic heterocycles. The molecule has 3 aromatic carbocycles. The van der Waals surface area contributed by atoms with Crippen LogP contribution >= 0.6 is 0 Å². The first-order valence-corrected chi connectivity index (χ1v) is 11.9. The van der Waals surface area contributed by atoms with Gasteiger partial charge >= 0.3 is 5.97 Å². The molecule has 36 heavy (non-hydrogen) atoms. The van der Waals surface area contributed by atoms with Crippen molar-refractivity contribution in [1.82, 2.24) is 5.43 Å². The fourth-order valence-corrected chi connectivity index (χ4v) is 3.31. The molecule has 1 amide bonds. The lowest BCUT2D eigenvalue weighted by Crippen LogP contribution is -2.24. The van der Waals surface area contributed by atoms with Gasteiger partial charge in [0, 0.05) is 0 Å². The Kier molecular flexibility index (Phi) is 8.30. The first-order chi connectivity index (χ1) is 16.9. The molecular weight excluding hydrogens is 452 g/mol. The standard InChI is InChI=1S/C30H34N2O4/c1-29(2,3)23-11-9-22(10-12-23)28(34)36-26-15-7-21(8-16-26)19-31-32-27(33)20-35-25-17-13-24(14-18-25)30(4,5)6/h7-19H,20H2,1-6H3,(H,32,33)/b31-19+. The van der Waals surface area contributed by atoms with Crippen molar-refractivity contribution in [3.05, 3.63) is 95.1 Å². The summed E-state index contributed by atoms with van der Waals surface area (Å²) in [6, 6.07) is 22.0. The molecule has 3 rings (SSSR count). The average molecular weight is 487 g/mol. The van der Waals surface area contributed by atoms with E-state index in [0.29, 0.717) is 17.1 Å². The fraction of sp³-hybridized carbons (Fsp3) is 0.300. The molecule has 0 spiro atoms. The number of nitrogens with zero attached hydrogens (tertiary/aromatic N) is 1. The number of hydrogen-bond donors (Lipinski definition) is 1. The first-order valence-electron chi connectivity index (χ1n) is 11.9. The minimum Gasteiger partial charge on any atom is -0.484 e. The van der Waals surface area contributed by atoms with Crippen molar-refractivity contribution < 1.29 is 19.1 Å². The topological polar surface area (TPSA) is 77.0 Å². The zero-order valence-electron chi connectivity index (χ0n) is 21.8. The van der Waals surface area contributed by atoms with E-state index in [1.54, 1.807) is 36.4 Å². The van der Waals surface area contributed by atoms with Crippen molar-refractivity contribution in [1.29, 1.82) is 0 Å². The van der Waals surface area contributed by atoms with Gasteiger partial charge in [0.1, 0.15) is 11.5 Å². The molecule has 0 heterocycles. The van der Waals surface area contributed by atoms with E-state index in [2.05, 4.69) is 52.1 Å². The third-order valence-electron chi connectivity index (χ3n) is 5.57. The molecule has 3 aromatic rings. The summed E-state index contributed by atoms with van der Waals surface area (Å²) < 4.78 is 11.0. The van der Waals surface area contributed by atoms with Crippen LogP contribution in [0.25, 0.3) is 0 Å². The van der Waals surface area contributed by atoms with Crippen molar-refractivity contribution in [3.8, 4) is 11.5 Å². The second-order valence-electron chi connectivity index (χ2n) is 10.6.